The number of fused-ring (bicyclic) bond motifs is 1. The van der Waals surface area contributed by atoms with Gasteiger partial charge in [0.1, 0.15) is 17.5 Å². The molecule has 2 aromatic heterocycles. The molecule has 0 unspecified atom stereocenters. The fourth-order valence-electron chi connectivity index (χ4n) is 4.90. The maximum Gasteiger partial charge on any atom is 0.326 e. The van der Waals surface area contributed by atoms with Gasteiger partial charge in [-0.1, -0.05) is 39.0 Å². The maximum atomic E-state index is 13.4. The van der Waals surface area contributed by atoms with Crippen molar-refractivity contribution in [2.45, 2.75) is 79.9 Å². The van der Waals surface area contributed by atoms with Crippen molar-refractivity contribution in [3.63, 3.8) is 0 Å². The Hall–Kier alpha value is -2.47. The quantitative estimate of drug-likeness (QED) is 0.430. The van der Waals surface area contributed by atoms with Crippen molar-refractivity contribution in [2.24, 2.45) is 11.3 Å². The van der Waals surface area contributed by atoms with Crippen molar-refractivity contribution in [1.82, 2.24) is 9.55 Å². The van der Waals surface area contributed by atoms with Crippen LogP contribution in [0, 0.1) is 32.1 Å². The summed E-state index contributed by atoms with van der Waals surface area (Å²) in [7, 11) is 0. The zero-order chi connectivity index (χ0) is 23.9. The molecule has 33 heavy (non-hydrogen) atoms. The zero-order valence-electron chi connectivity index (χ0n) is 20.5. The first-order chi connectivity index (χ1) is 15.5. The zero-order valence-corrected chi connectivity index (χ0v) is 21.3. The average Bonchev–Trinajstić information content (AvgIpc) is 3.08. The topological polar surface area (TPSA) is 61.2 Å². The van der Waals surface area contributed by atoms with Crippen molar-refractivity contribution in [2.75, 3.05) is 0 Å². The molecular formula is C27H34N2O3S. The molecule has 1 aromatic carbocycles. The molecule has 0 atom stereocenters. The Balaban J connectivity index is 1.54. The second-order valence-electron chi connectivity index (χ2n) is 10.5. The van der Waals surface area contributed by atoms with Gasteiger partial charge in [-0.25, -0.2) is 4.98 Å². The second-order valence-corrected chi connectivity index (χ2v) is 11.7. The number of carbonyl (C=O) groups is 1. The van der Waals surface area contributed by atoms with Crippen molar-refractivity contribution < 1.29 is 9.53 Å². The van der Waals surface area contributed by atoms with Crippen LogP contribution >= 0.6 is 11.3 Å². The van der Waals surface area contributed by atoms with Gasteiger partial charge in [-0.2, -0.15) is 0 Å². The normalized spacial score (nSPS) is 19.1. The van der Waals surface area contributed by atoms with Crippen LogP contribution in [0.5, 0.6) is 0 Å². The Bertz CT molecular complexity index is 1240. The van der Waals surface area contributed by atoms with Crippen molar-refractivity contribution in [3.8, 4) is 11.1 Å². The van der Waals surface area contributed by atoms with E-state index in [2.05, 4.69) is 57.8 Å². The third-order valence-electron chi connectivity index (χ3n) is 7.15. The number of hydrogen-bond acceptors (Lipinski definition) is 5. The van der Waals surface area contributed by atoms with Gasteiger partial charge in [0.2, 0.25) is 0 Å². The number of rotatable bonds is 4. The number of aromatic nitrogens is 2. The van der Waals surface area contributed by atoms with E-state index in [4.69, 9.17) is 4.74 Å². The van der Waals surface area contributed by atoms with Crippen LogP contribution in [0.3, 0.4) is 0 Å². The van der Waals surface area contributed by atoms with E-state index in [0.29, 0.717) is 16.1 Å². The molecule has 3 aromatic rings. The van der Waals surface area contributed by atoms with Crippen LogP contribution in [0.2, 0.25) is 0 Å². The number of hydrogen-bond donors (Lipinski definition) is 0. The average molecular weight is 467 g/mol. The van der Waals surface area contributed by atoms with Gasteiger partial charge < -0.3 is 4.74 Å². The van der Waals surface area contributed by atoms with Gasteiger partial charge in [0.25, 0.3) is 5.56 Å². The van der Waals surface area contributed by atoms with Crippen LogP contribution in [-0.2, 0) is 16.1 Å². The van der Waals surface area contributed by atoms with E-state index >= 15 is 0 Å². The minimum Gasteiger partial charge on any atom is -0.461 e. The molecule has 5 nitrogen and oxygen atoms in total. The third-order valence-corrected chi connectivity index (χ3v) is 8.16. The summed E-state index contributed by atoms with van der Waals surface area (Å²) in [5.41, 5.74) is 4.42. The molecule has 0 radical (unpaired) electrons. The molecule has 1 saturated carbocycles. The molecule has 0 spiro atoms. The summed E-state index contributed by atoms with van der Waals surface area (Å²) in [6.45, 7) is 12.9. The Kier molecular flexibility index (Phi) is 6.50. The number of esters is 1. The standard InChI is InChI=1S/C27H34N2O3S/c1-16-7-8-19(13-17(16)2)23-18(3)33-25-24(23)26(31)29(15-28-25)14-22(30)32-21-11-9-20(10-12-21)27(4,5)6/h7-8,13,15,20-21H,9-12,14H2,1-6H3. The number of ether oxygens (including phenoxy) is 1. The van der Waals surface area contributed by atoms with E-state index in [1.807, 2.05) is 6.92 Å². The van der Waals surface area contributed by atoms with Crippen LogP contribution in [-0.4, -0.2) is 21.6 Å². The molecule has 6 heteroatoms. The van der Waals surface area contributed by atoms with Gasteiger partial charge in [-0.3, -0.25) is 14.2 Å². The van der Waals surface area contributed by atoms with E-state index < -0.39 is 0 Å². The summed E-state index contributed by atoms with van der Waals surface area (Å²) in [4.78, 5) is 32.3. The minimum absolute atomic E-state index is 0.0574. The highest BCUT2D eigenvalue weighted by Gasteiger charge is 2.31. The van der Waals surface area contributed by atoms with E-state index in [0.717, 1.165) is 41.7 Å². The Morgan fingerprint density at radius 2 is 1.82 bits per heavy atom. The minimum atomic E-state index is -0.364. The van der Waals surface area contributed by atoms with Crippen molar-refractivity contribution in [3.05, 3.63) is 50.9 Å². The lowest BCUT2D eigenvalue weighted by Crippen LogP contribution is -2.32. The highest BCUT2D eigenvalue weighted by Crippen LogP contribution is 2.39. The first-order valence-corrected chi connectivity index (χ1v) is 12.6. The van der Waals surface area contributed by atoms with E-state index in [1.54, 1.807) is 0 Å². The van der Waals surface area contributed by atoms with Gasteiger partial charge >= 0.3 is 5.97 Å². The molecule has 1 aliphatic rings. The SMILES string of the molecule is Cc1ccc(-c2c(C)sc3ncn(CC(=O)OC4CCC(C(C)(C)C)CC4)c(=O)c23)cc1C. The largest absolute Gasteiger partial charge is 0.461 e. The second kappa shape index (κ2) is 9.05. The smallest absolute Gasteiger partial charge is 0.326 e. The van der Waals surface area contributed by atoms with Crippen LogP contribution < -0.4 is 5.56 Å². The van der Waals surface area contributed by atoms with Crippen molar-refractivity contribution >= 4 is 27.5 Å². The molecule has 1 fully saturated rings. The van der Waals surface area contributed by atoms with E-state index in [9.17, 15) is 9.59 Å². The van der Waals surface area contributed by atoms with Crippen LogP contribution in [0.15, 0.2) is 29.3 Å². The molecule has 0 aliphatic heterocycles. The Labute approximate surface area is 199 Å². The Morgan fingerprint density at radius 3 is 2.45 bits per heavy atom. The summed E-state index contributed by atoms with van der Waals surface area (Å²) >= 11 is 1.52. The highest BCUT2D eigenvalue weighted by molar-refractivity contribution is 7.19. The summed E-state index contributed by atoms with van der Waals surface area (Å²) in [6.07, 6.45) is 5.34. The third kappa shape index (κ3) is 4.91. The van der Waals surface area contributed by atoms with Gasteiger partial charge in [-0.05, 0) is 74.5 Å². The lowest BCUT2D eigenvalue weighted by molar-refractivity contribution is -0.152. The lowest BCUT2D eigenvalue weighted by Gasteiger charge is -2.36. The number of carbonyl (C=O) groups excluding carboxylic acids is 1. The maximum absolute atomic E-state index is 13.4. The first kappa shape index (κ1) is 23.7. The number of benzene rings is 1. The van der Waals surface area contributed by atoms with E-state index in [-0.39, 0.29) is 29.6 Å². The molecule has 2 heterocycles. The molecule has 1 aliphatic carbocycles. The Morgan fingerprint density at radius 1 is 1.12 bits per heavy atom. The monoisotopic (exact) mass is 466 g/mol. The summed E-state index contributed by atoms with van der Waals surface area (Å²) in [6, 6.07) is 6.24. The van der Waals surface area contributed by atoms with E-state index in [1.165, 1.54) is 33.4 Å². The molecule has 176 valence electrons. The molecular weight excluding hydrogens is 432 g/mol. The molecule has 0 amide bonds. The van der Waals surface area contributed by atoms with Gasteiger partial charge in [0.05, 0.1) is 11.7 Å². The number of aryl methyl sites for hydroxylation is 3. The van der Waals surface area contributed by atoms with Crippen molar-refractivity contribution in [1.29, 1.82) is 0 Å². The highest BCUT2D eigenvalue weighted by atomic mass is 32.1. The predicted molar refractivity (Wildman–Crippen MR) is 135 cm³/mol. The van der Waals surface area contributed by atoms with Gasteiger partial charge in [-0.15, -0.1) is 11.3 Å². The van der Waals surface area contributed by atoms with Crippen LogP contribution in [0.25, 0.3) is 21.3 Å². The predicted octanol–water partition coefficient (Wildman–Crippen LogP) is 6.20. The van der Waals surface area contributed by atoms with Crippen LogP contribution in [0.1, 0.15) is 62.5 Å². The molecule has 0 saturated heterocycles. The van der Waals surface area contributed by atoms with Crippen LogP contribution in [0.4, 0.5) is 0 Å². The summed E-state index contributed by atoms with van der Waals surface area (Å²) < 4.78 is 7.14. The first-order valence-electron chi connectivity index (χ1n) is 11.8. The number of thiophene rings is 1. The van der Waals surface area contributed by atoms with Gasteiger partial charge in [0.15, 0.2) is 0 Å². The fourth-order valence-corrected chi connectivity index (χ4v) is 5.91. The fraction of sp³-hybridized carbons (Fsp3) is 0.519. The number of nitrogens with zero attached hydrogens (tertiary/aromatic N) is 2. The summed E-state index contributed by atoms with van der Waals surface area (Å²) in [5.74, 6) is 0.296. The molecule has 0 N–H and O–H groups in total. The lowest BCUT2D eigenvalue weighted by atomic mass is 9.72. The summed E-state index contributed by atoms with van der Waals surface area (Å²) in [5, 5.41) is 0.585. The molecule has 4 rings (SSSR count). The van der Waals surface area contributed by atoms with Gasteiger partial charge in [0, 0.05) is 10.4 Å². The molecule has 0 bridgehead atoms.